The lowest BCUT2D eigenvalue weighted by molar-refractivity contribution is -0.137. The Bertz CT molecular complexity index is 1160. The van der Waals surface area contributed by atoms with Crippen molar-refractivity contribution in [3.63, 3.8) is 0 Å². The maximum absolute atomic E-state index is 13.5. The van der Waals surface area contributed by atoms with E-state index in [0.29, 0.717) is 22.6 Å². The summed E-state index contributed by atoms with van der Waals surface area (Å²) in [6.45, 7) is 0.321. The fourth-order valence-electron chi connectivity index (χ4n) is 3.93. The number of halogens is 3. The number of para-hydroxylation sites is 1. The van der Waals surface area contributed by atoms with Gasteiger partial charge < -0.3 is 19.7 Å². The third-order valence-electron chi connectivity index (χ3n) is 5.37. The van der Waals surface area contributed by atoms with Crippen molar-refractivity contribution < 1.29 is 27.4 Å². The maximum atomic E-state index is 13.5. The SMILES string of the molecule is O=C1c2ccccc2[C@H](Nc2ccccc2C(F)(F)F)N1Cc1ccc2c(c1)OCO2. The molecule has 5 nitrogen and oxygen atoms in total. The second-order valence-electron chi connectivity index (χ2n) is 7.30. The summed E-state index contributed by atoms with van der Waals surface area (Å²) in [7, 11) is 0. The van der Waals surface area contributed by atoms with Crippen LogP contribution in [0.5, 0.6) is 11.5 Å². The number of ether oxygens (including phenoxy) is 2. The maximum Gasteiger partial charge on any atom is 0.418 e. The van der Waals surface area contributed by atoms with Gasteiger partial charge in [0.25, 0.3) is 5.91 Å². The standard InChI is InChI=1S/C23H17F3N2O3/c24-23(25,26)17-7-3-4-8-18(17)27-21-15-5-1-2-6-16(15)22(29)28(21)12-14-9-10-19-20(11-14)31-13-30-19/h1-11,21,27H,12-13H2/t21-/m1/s1. The largest absolute Gasteiger partial charge is 0.454 e. The molecule has 0 fully saturated rings. The van der Waals surface area contributed by atoms with Crippen molar-refractivity contribution in [2.24, 2.45) is 0 Å². The Hall–Kier alpha value is -3.68. The summed E-state index contributed by atoms with van der Waals surface area (Å²) in [5, 5.41) is 2.95. The number of hydrogen-bond donors (Lipinski definition) is 1. The second kappa shape index (κ2) is 7.23. The molecule has 0 bridgehead atoms. The third kappa shape index (κ3) is 3.43. The fraction of sp³-hybridized carbons (Fsp3) is 0.174. The first kappa shape index (κ1) is 19.3. The van der Waals surface area contributed by atoms with Gasteiger partial charge in [-0.15, -0.1) is 0 Å². The number of alkyl halides is 3. The molecule has 0 spiro atoms. The summed E-state index contributed by atoms with van der Waals surface area (Å²) < 4.78 is 51.3. The molecule has 0 radical (unpaired) electrons. The molecule has 2 heterocycles. The Labute approximate surface area is 176 Å². The minimum atomic E-state index is -4.52. The van der Waals surface area contributed by atoms with E-state index in [1.807, 2.05) is 6.07 Å². The van der Waals surface area contributed by atoms with Crippen molar-refractivity contribution in [2.75, 3.05) is 12.1 Å². The van der Waals surface area contributed by atoms with Crippen LogP contribution in [-0.2, 0) is 12.7 Å². The molecule has 0 saturated heterocycles. The summed E-state index contributed by atoms with van der Waals surface area (Å²) in [6, 6.07) is 17.5. The van der Waals surface area contributed by atoms with Gasteiger partial charge in [0, 0.05) is 23.4 Å². The number of nitrogens with one attached hydrogen (secondary N) is 1. The Morgan fingerprint density at radius 2 is 1.71 bits per heavy atom. The van der Waals surface area contributed by atoms with E-state index in [4.69, 9.17) is 9.47 Å². The number of carbonyl (C=O) groups excluding carboxylic acids is 1. The highest BCUT2D eigenvalue weighted by Crippen LogP contribution is 2.40. The number of hydrogen-bond acceptors (Lipinski definition) is 4. The van der Waals surface area contributed by atoms with Gasteiger partial charge in [-0.05, 0) is 35.9 Å². The first-order chi connectivity index (χ1) is 14.9. The molecule has 8 heteroatoms. The van der Waals surface area contributed by atoms with E-state index in [-0.39, 0.29) is 24.9 Å². The number of amides is 1. The Morgan fingerprint density at radius 3 is 2.55 bits per heavy atom. The lowest BCUT2D eigenvalue weighted by Crippen LogP contribution is -2.32. The molecule has 158 valence electrons. The lowest BCUT2D eigenvalue weighted by Gasteiger charge is -2.28. The van der Waals surface area contributed by atoms with E-state index in [9.17, 15) is 18.0 Å². The zero-order chi connectivity index (χ0) is 21.6. The zero-order valence-electron chi connectivity index (χ0n) is 16.1. The molecule has 5 rings (SSSR count). The molecule has 0 aromatic heterocycles. The second-order valence-corrected chi connectivity index (χ2v) is 7.30. The van der Waals surface area contributed by atoms with Crippen molar-refractivity contribution in [3.8, 4) is 11.5 Å². The molecule has 1 amide bonds. The molecule has 0 unspecified atom stereocenters. The van der Waals surface area contributed by atoms with Crippen LogP contribution in [0.1, 0.15) is 33.2 Å². The Kier molecular flexibility index (Phi) is 4.50. The predicted molar refractivity (Wildman–Crippen MR) is 107 cm³/mol. The molecule has 31 heavy (non-hydrogen) atoms. The topological polar surface area (TPSA) is 50.8 Å². The minimum absolute atomic E-state index is 0.0832. The number of rotatable bonds is 4. The van der Waals surface area contributed by atoms with Gasteiger partial charge in [0.1, 0.15) is 6.17 Å². The van der Waals surface area contributed by atoms with Gasteiger partial charge in [-0.1, -0.05) is 36.4 Å². The highest BCUT2D eigenvalue weighted by Gasteiger charge is 2.39. The number of nitrogens with zero attached hydrogens (tertiary/aromatic N) is 1. The minimum Gasteiger partial charge on any atom is -0.454 e. The van der Waals surface area contributed by atoms with Crippen LogP contribution in [0.25, 0.3) is 0 Å². The summed E-state index contributed by atoms with van der Waals surface area (Å²) in [5.41, 5.74) is 1.01. The van der Waals surface area contributed by atoms with E-state index < -0.39 is 17.9 Å². The number of benzene rings is 3. The molecule has 1 atom stereocenters. The van der Waals surface area contributed by atoms with Crippen LogP contribution >= 0.6 is 0 Å². The van der Waals surface area contributed by atoms with Crippen LogP contribution in [0, 0.1) is 0 Å². The predicted octanol–water partition coefficient (Wildman–Crippen LogP) is 5.20. The van der Waals surface area contributed by atoms with E-state index in [2.05, 4.69) is 5.32 Å². The highest BCUT2D eigenvalue weighted by molar-refractivity contribution is 5.99. The molecule has 1 N–H and O–H groups in total. The average molecular weight is 426 g/mol. The van der Waals surface area contributed by atoms with Crippen LogP contribution in [-0.4, -0.2) is 17.6 Å². The third-order valence-corrected chi connectivity index (χ3v) is 5.37. The molecular weight excluding hydrogens is 409 g/mol. The van der Waals surface area contributed by atoms with Crippen molar-refractivity contribution in [1.82, 2.24) is 4.90 Å². The Balaban J connectivity index is 1.51. The fourth-order valence-corrected chi connectivity index (χ4v) is 3.93. The van der Waals surface area contributed by atoms with Gasteiger partial charge in [-0.3, -0.25) is 4.79 Å². The van der Waals surface area contributed by atoms with E-state index >= 15 is 0 Å². The van der Waals surface area contributed by atoms with Gasteiger partial charge in [-0.2, -0.15) is 13.2 Å². The van der Waals surface area contributed by atoms with Crippen LogP contribution in [0.2, 0.25) is 0 Å². The smallest absolute Gasteiger partial charge is 0.418 e. The molecule has 3 aromatic rings. The van der Waals surface area contributed by atoms with Gasteiger partial charge in [-0.25, -0.2) is 0 Å². The van der Waals surface area contributed by atoms with Gasteiger partial charge in [0.15, 0.2) is 11.5 Å². The van der Waals surface area contributed by atoms with Crippen LogP contribution in [0.4, 0.5) is 18.9 Å². The summed E-state index contributed by atoms with van der Waals surface area (Å²) in [5.74, 6) is 0.942. The first-order valence-corrected chi connectivity index (χ1v) is 9.63. The number of anilines is 1. The highest BCUT2D eigenvalue weighted by atomic mass is 19.4. The zero-order valence-corrected chi connectivity index (χ0v) is 16.1. The lowest BCUT2D eigenvalue weighted by atomic mass is 10.1. The molecule has 2 aliphatic heterocycles. The number of fused-ring (bicyclic) bond motifs is 2. The van der Waals surface area contributed by atoms with Gasteiger partial charge in [0.2, 0.25) is 6.79 Å². The van der Waals surface area contributed by atoms with Crippen molar-refractivity contribution >= 4 is 11.6 Å². The van der Waals surface area contributed by atoms with Crippen molar-refractivity contribution in [1.29, 1.82) is 0 Å². The molecule has 2 aliphatic rings. The molecule has 0 aliphatic carbocycles. The number of carbonyl (C=O) groups is 1. The van der Waals surface area contributed by atoms with E-state index in [1.54, 1.807) is 36.4 Å². The first-order valence-electron chi connectivity index (χ1n) is 9.63. The Morgan fingerprint density at radius 1 is 0.968 bits per heavy atom. The van der Waals surface area contributed by atoms with E-state index in [1.165, 1.54) is 23.1 Å². The van der Waals surface area contributed by atoms with Crippen molar-refractivity contribution in [2.45, 2.75) is 18.9 Å². The van der Waals surface area contributed by atoms with Crippen LogP contribution < -0.4 is 14.8 Å². The average Bonchev–Trinajstić information content (AvgIpc) is 3.32. The van der Waals surface area contributed by atoms with Gasteiger partial charge >= 0.3 is 6.18 Å². The van der Waals surface area contributed by atoms with Crippen LogP contribution in [0.3, 0.4) is 0 Å². The van der Waals surface area contributed by atoms with E-state index in [0.717, 1.165) is 11.6 Å². The van der Waals surface area contributed by atoms with Gasteiger partial charge in [0.05, 0.1) is 5.56 Å². The normalized spacial score (nSPS) is 17.1. The monoisotopic (exact) mass is 426 g/mol. The summed E-state index contributed by atoms with van der Waals surface area (Å²) in [6.07, 6.45) is -5.27. The molecule has 3 aromatic carbocycles. The quantitative estimate of drug-likeness (QED) is 0.623. The summed E-state index contributed by atoms with van der Waals surface area (Å²) in [4.78, 5) is 14.6. The van der Waals surface area contributed by atoms with Crippen molar-refractivity contribution in [3.05, 3.63) is 89.0 Å². The molecule has 0 saturated carbocycles. The summed E-state index contributed by atoms with van der Waals surface area (Å²) >= 11 is 0. The molecular formula is C23H17F3N2O3. The van der Waals surface area contributed by atoms with Crippen LogP contribution in [0.15, 0.2) is 66.7 Å².